The first-order valence-corrected chi connectivity index (χ1v) is 9.72. The highest BCUT2D eigenvalue weighted by atomic mass is 16.3. The third kappa shape index (κ3) is 2.34. The first kappa shape index (κ1) is 17.4. The summed E-state index contributed by atoms with van der Waals surface area (Å²) in [6.07, 6.45) is 7.66. The Morgan fingerprint density at radius 1 is 1.28 bits per heavy atom. The molecule has 0 spiro atoms. The van der Waals surface area contributed by atoms with Gasteiger partial charge in [0.1, 0.15) is 0 Å². The number of hydrogen-bond donors (Lipinski definition) is 3. The molecule has 0 aromatic carbocycles. The normalized spacial score (nSPS) is 47.3. The Morgan fingerprint density at radius 2 is 2.04 bits per heavy atom. The first-order chi connectivity index (χ1) is 11.8. The Morgan fingerprint density at radius 3 is 2.76 bits per heavy atom. The van der Waals surface area contributed by atoms with E-state index < -0.39 is 12.2 Å². The van der Waals surface area contributed by atoms with Gasteiger partial charge in [-0.2, -0.15) is 0 Å². The van der Waals surface area contributed by atoms with E-state index in [1.165, 1.54) is 5.57 Å². The zero-order valence-electron chi connectivity index (χ0n) is 15.2. The van der Waals surface area contributed by atoms with Crippen LogP contribution in [-0.4, -0.2) is 39.9 Å². The Balaban J connectivity index is 1.70. The van der Waals surface area contributed by atoms with Crippen LogP contribution >= 0.6 is 0 Å². The Labute approximate surface area is 149 Å². The van der Waals surface area contributed by atoms with Gasteiger partial charge < -0.3 is 15.3 Å². The molecule has 138 valence electrons. The van der Waals surface area contributed by atoms with Crippen molar-refractivity contribution in [2.45, 2.75) is 64.6 Å². The smallest absolute Gasteiger partial charge is 0.155 e. The number of fused-ring (bicyclic) bond motifs is 5. The van der Waals surface area contributed by atoms with E-state index in [4.69, 9.17) is 0 Å². The summed E-state index contributed by atoms with van der Waals surface area (Å²) >= 11 is 0. The van der Waals surface area contributed by atoms with Gasteiger partial charge in [-0.15, -0.1) is 0 Å². The lowest BCUT2D eigenvalue weighted by atomic mass is 9.46. The quantitative estimate of drug-likeness (QED) is 0.671. The van der Waals surface area contributed by atoms with Gasteiger partial charge >= 0.3 is 0 Å². The predicted octanol–water partition coefficient (Wildman–Crippen LogP) is 2.38. The molecule has 0 aromatic rings. The van der Waals surface area contributed by atoms with E-state index in [1.807, 2.05) is 6.08 Å². The fraction of sp³-hybridized carbons (Fsp3) is 0.762. The molecule has 0 heterocycles. The van der Waals surface area contributed by atoms with Gasteiger partial charge in [0.15, 0.2) is 5.78 Å². The van der Waals surface area contributed by atoms with Gasteiger partial charge in [-0.1, -0.05) is 25.5 Å². The van der Waals surface area contributed by atoms with E-state index in [-0.39, 0.29) is 29.1 Å². The van der Waals surface area contributed by atoms with Gasteiger partial charge in [0, 0.05) is 6.42 Å². The topological polar surface area (TPSA) is 77.8 Å². The van der Waals surface area contributed by atoms with Crippen LogP contribution < -0.4 is 0 Å². The molecule has 4 heteroatoms. The molecule has 0 bridgehead atoms. The van der Waals surface area contributed by atoms with E-state index >= 15 is 0 Å². The maximum absolute atomic E-state index is 11.9. The molecule has 4 aliphatic carbocycles. The number of carbonyl (C=O) groups excluding carboxylic acids is 1. The van der Waals surface area contributed by atoms with Crippen LogP contribution in [0.2, 0.25) is 0 Å². The van der Waals surface area contributed by atoms with Crippen LogP contribution in [0, 0.1) is 28.6 Å². The molecular formula is C21H30O4. The lowest BCUT2D eigenvalue weighted by molar-refractivity contribution is -0.126. The van der Waals surface area contributed by atoms with Gasteiger partial charge in [-0.05, 0) is 72.3 Å². The van der Waals surface area contributed by atoms with Crippen molar-refractivity contribution in [2.75, 3.05) is 6.61 Å². The van der Waals surface area contributed by atoms with Gasteiger partial charge in [0.2, 0.25) is 0 Å². The zero-order valence-corrected chi connectivity index (χ0v) is 15.2. The number of aliphatic hydroxyl groups excluding tert-OH is 3. The minimum absolute atomic E-state index is 0.0735. The Hall–Kier alpha value is -0.970. The van der Waals surface area contributed by atoms with Crippen molar-refractivity contribution in [3.63, 3.8) is 0 Å². The fourth-order valence-corrected chi connectivity index (χ4v) is 6.90. The molecule has 7 atom stereocenters. The van der Waals surface area contributed by atoms with Gasteiger partial charge in [0.05, 0.1) is 18.8 Å². The molecule has 4 aliphatic rings. The molecule has 0 aliphatic heterocycles. The third-order valence-electron chi connectivity index (χ3n) is 8.07. The Kier molecular flexibility index (Phi) is 4.02. The SMILES string of the molecule is C[C@]12CCC(=O)C=C1CC[C@@H]1[C@@H]2[C@@H](O)C[C@]2(C)C(C(O)CO)=CC[C@@H]12. The van der Waals surface area contributed by atoms with Crippen LogP contribution in [-0.2, 0) is 4.79 Å². The maximum atomic E-state index is 11.9. The van der Waals surface area contributed by atoms with E-state index in [0.717, 1.165) is 31.3 Å². The summed E-state index contributed by atoms with van der Waals surface area (Å²) in [5.74, 6) is 1.24. The molecule has 2 saturated carbocycles. The summed E-state index contributed by atoms with van der Waals surface area (Å²) in [6, 6.07) is 0. The predicted molar refractivity (Wildman–Crippen MR) is 94.7 cm³/mol. The van der Waals surface area contributed by atoms with Crippen molar-refractivity contribution in [1.82, 2.24) is 0 Å². The monoisotopic (exact) mass is 346 g/mol. The van der Waals surface area contributed by atoms with Gasteiger partial charge in [-0.3, -0.25) is 4.79 Å². The lowest BCUT2D eigenvalue weighted by Gasteiger charge is -2.59. The number of aliphatic hydroxyl groups is 3. The summed E-state index contributed by atoms with van der Waals surface area (Å²) in [7, 11) is 0. The molecule has 3 N–H and O–H groups in total. The molecule has 0 amide bonds. The van der Waals surface area contributed by atoms with Crippen LogP contribution in [0.4, 0.5) is 0 Å². The second kappa shape index (κ2) is 5.77. The van der Waals surface area contributed by atoms with Gasteiger partial charge in [-0.25, -0.2) is 0 Å². The lowest BCUT2D eigenvalue weighted by Crippen LogP contribution is -2.56. The highest BCUT2D eigenvalue weighted by molar-refractivity contribution is 5.91. The molecule has 0 saturated heterocycles. The van der Waals surface area contributed by atoms with Crippen LogP contribution in [0.25, 0.3) is 0 Å². The number of rotatable bonds is 2. The molecule has 1 unspecified atom stereocenters. The fourth-order valence-electron chi connectivity index (χ4n) is 6.90. The first-order valence-electron chi connectivity index (χ1n) is 9.72. The Bertz CT molecular complexity index is 650. The van der Waals surface area contributed by atoms with E-state index in [2.05, 4.69) is 19.9 Å². The van der Waals surface area contributed by atoms with Crippen LogP contribution in [0.5, 0.6) is 0 Å². The molecular weight excluding hydrogens is 316 g/mol. The van der Waals surface area contributed by atoms with Crippen molar-refractivity contribution >= 4 is 5.78 Å². The number of carbonyl (C=O) groups is 1. The van der Waals surface area contributed by atoms with Crippen molar-refractivity contribution in [1.29, 1.82) is 0 Å². The van der Waals surface area contributed by atoms with Crippen molar-refractivity contribution in [3.05, 3.63) is 23.3 Å². The van der Waals surface area contributed by atoms with Crippen molar-refractivity contribution in [3.8, 4) is 0 Å². The van der Waals surface area contributed by atoms with Crippen molar-refractivity contribution in [2.24, 2.45) is 28.6 Å². The van der Waals surface area contributed by atoms with Crippen LogP contribution in [0.15, 0.2) is 23.3 Å². The molecule has 4 rings (SSSR count). The number of allylic oxidation sites excluding steroid dienone is 3. The average molecular weight is 346 g/mol. The summed E-state index contributed by atoms with van der Waals surface area (Å²) in [5, 5.41) is 30.9. The molecule has 0 radical (unpaired) electrons. The van der Waals surface area contributed by atoms with E-state index in [9.17, 15) is 20.1 Å². The van der Waals surface area contributed by atoms with Crippen LogP contribution in [0.3, 0.4) is 0 Å². The highest BCUT2D eigenvalue weighted by Gasteiger charge is 2.60. The molecule has 2 fully saturated rings. The minimum Gasteiger partial charge on any atom is -0.393 e. The summed E-state index contributed by atoms with van der Waals surface area (Å²) in [5.41, 5.74) is 1.86. The standard InChI is InChI=1S/C21H30O4/c1-20-8-7-13(23)9-12(20)3-4-14-15-5-6-16(18(25)11-22)21(15,2)10-17(24)19(14)20/h6,9,14-15,17-19,22,24-25H,3-5,7-8,10-11H2,1-2H3/t14-,15-,17-,18?,19+,20-,21-/m0/s1. The van der Waals surface area contributed by atoms with Gasteiger partial charge in [0.25, 0.3) is 0 Å². The maximum Gasteiger partial charge on any atom is 0.155 e. The second-order valence-electron chi connectivity index (χ2n) is 9.17. The third-order valence-corrected chi connectivity index (χ3v) is 8.07. The average Bonchev–Trinajstić information content (AvgIpc) is 2.91. The summed E-state index contributed by atoms with van der Waals surface area (Å²) < 4.78 is 0. The molecule has 0 aromatic heterocycles. The van der Waals surface area contributed by atoms with E-state index in [1.54, 1.807) is 0 Å². The minimum atomic E-state index is -0.819. The second-order valence-corrected chi connectivity index (χ2v) is 9.17. The van der Waals surface area contributed by atoms with Crippen LogP contribution in [0.1, 0.15) is 52.4 Å². The zero-order chi connectivity index (χ0) is 18.0. The number of ketones is 1. The summed E-state index contributed by atoms with van der Waals surface area (Å²) in [6.45, 7) is 4.15. The van der Waals surface area contributed by atoms with Crippen molar-refractivity contribution < 1.29 is 20.1 Å². The molecule has 25 heavy (non-hydrogen) atoms. The number of hydrogen-bond acceptors (Lipinski definition) is 4. The largest absolute Gasteiger partial charge is 0.393 e. The van der Waals surface area contributed by atoms with E-state index in [0.29, 0.717) is 24.7 Å². The summed E-state index contributed by atoms with van der Waals surface area (Å²) in [4.78, 5) is 11.9. The molecule has 4 nitrogen and oxygen atoms in total. The highest BCUT2D eigenvalue weighted by Crippen LogP contribution is 2.65.